The van der Waals surface area contributed by atoms with Crippen LogP contribution in [0.2, 0.25) is 4.47 Å². The number of halogens is 1. The van der Waals surface area contributed by atoms with Gasteiger partial charge in [0.2, 0.25) is 9.47 Å². The van der Waals surface area contributed by atoms with E-state index in [4.69, 9.17) is 16.9 Å². The van der Waals surface area contributed by atoms with E-state index in [0.717, 1.165) is 17.4 Å². The quantitative estimate of drug-likeness (QED) is 0.685. The Hall–Kier alpha value is -2.57. The van der Waals surface area contributed by atoms with Crippen molar-refractivity contribution in [3.05, 3.63) is 43.4 Å². The van der Waals surface area contributed by atoms with Crippen LogP contribution in [-0.2, 0) is 0 Å². The molecule has 2 rings (SSSR count). The molecule has 0 aliphatic carbocycles. The maximum atomic E-state index is 11.8. The number of nitrogens with one attached hydrogen (secondary N) is 1. The van der Waals surface area contributed by atoms with E-state index in [1.165, 1.54) is 12.1 Å². The Bertz CT molecular complexity index is 739. The second-order valence-corrected chi connectivity index (χ2v) is 4.97. The predicted molar refractivity (Wildman–Crippen MR) is 70.7 cm³/mol. The zero-order valence-electron chi connectivity index (χ0n) is 9.53. The summed E-state index contributed by atoms with van der Waals surface area (Å²) in [4.78, 5) is 22.0. The molecular formula is C10H4ClN5O3S. The molecule has 1 N–H and O–H groups in total. The Labute approximate surface area is 120 Å². The number of carbonyl (C=O) groups excluding carboxylic acids is 1. The predicted octanol–water partition coefficient (Wildman–Crippen LogP) is 2.22. The van der Waals surface area contributed by atoms with Gasteiger partial charge in [-0.2, -0.15) is 5.26 Å². The third-order valence-electron chi connectivity index (χ3n) is 2.17. The highest BCUT2D eigenvalue weighted by Gasteiger charge is 2.19. The van der Waals surface area contributed by atoms with Crippen molar-refractivity contribution in [2.75, 3.05) is 5.32 Å². The van der Waals surface area contributed by atoms with Gasteiger partial charge in [0.15, 0.2) is 0 Å². The highest BCUT2D eigenvalue weighted by molar-refractivity contribution is 7.17. The third-order valence-corrected chi connectivity index (χ3v) is 3.18. The van der Waals surface area contributed by atoms with Crippen LogP contribution in [0, 0.1) is 21.4 Å². The summed E-state index contributed by atoms with van der Waals surface area (Å²) >= 11 is 6.40. The first-order chi connectivity index (χ1) is 9.51. The molecule has 1 aromatic heterocycles. The van der Waals surface area contributed by atoms with Crippen molar-refractivity contribution >= 4 is 40.2 Å². The van der Waals surface area contributed by atoms with Crippen LogP contribution in [0.4, 0.5) is 11.4 Å². The summed E-state index contributed by atoms with van der Waals surface area (Å²) in [6.45, 7) is 0. The van der Waals surface area contributed by atoms with Crippen LogP contribution in [0.1, 0.15) is 15.4 Å². The van der Waals surface area contributed by atoms with Gasteiger partial charge in [-0.1, -0.05) is 11.3 Å². The fourth-order valence-corrected chi connectivity index (χ4v) is 2.05. The average molecular weight is 310 g/mol. The Morgan fingerprint density at radius 3 is 2.80 bits per heavy atom. The summed E-state index contributed by atoms with van der Waals surface area (Å²) in [7, 11) is 0. The van der Waals surface area contributed by atoms with Gasteiger partial charge in [-0.25, -0.2) is 0 Å². The van der Waals surface area contributed by atoms with Crippen molar-refractivity contribution in [3.63, 3.8) is 0 Å². The molecule has 0 unspecified atom stereocenters. The molecule has 0 saturated heterocycles. The number of nitrogens with zero attached hydrogens (tertiary/aromatic N) is 4. The molecule has 0 aliphatic rings. The molecule has 10 heteroatoms. The van der Waals surface area contributed by atoms with E-state index in [0.29, 0.717) is 0 Å². The third kappa shape index (κ3) is 2.87. The lowest BCUT2D eigenvalue weighted by atomic mass is 10.2. The monoisotopic (exact) mass is 309 g/mol. The first-order valence-corrected chi connectivity index (χ1v) is 6.19. The van der Waals surface area contributed by atoms with Gasteiger partial charge in [-0.3, -0.25) is 14.9 Å². The Kier molecular flexibility index (Phi) is 3.88. The minimum Gasteiger partial charge on any atom is -0.314 e. The lowest BCUT2D eigenvalue weighted by Crippen LogP contribution is -2.13. The first-order valence-electron chi connectivity index (χ1n) is 5.00. The summed E-state index contributed by atoms with van der Waals surface area (Å²) in [5, 5.41) is 28.9. The van der Waals surface area contributed by atoms with E-state index in [1.54, 1.807) is 6.07 Å². The zero-order valence-corrected chi connectivity index (χ0v) is 11.1. The number of amides is 1. The summed E-state index contributed by atoms with van der Waals surface area (Å²) in [6, 6.07) is 5.49. The molecule has 1 amide bonds. The lowest BCUT2D eigenvalue weighted by molar-refractivity contribution is -0.383. The number of rotatable bonds is 3. The van der Waals surface area contributed by atoms with E-state index in [1.807, 2.05) is 0 Å². The van der Waals surface area contributed by atoms with Gasteiger partial charge in [0.1, 0.15) is 5.69 Å². The second-order valence-electron chi connectivity index (χ2n) is 3.42. The van der Waals surface area contributed by atoms with Crippen LogP contribution in [0.5, 0.6) is 0 Å². The van der Waals surface area contributed by atoms with Crippen LogP contribution in [0.15, 0.2) is 18.2 Å². The number of nitro groups is 1. The van der Waals surface area contributed by atoms with Crippen molar-refractivity contribution < 1.29 is 9.72 Å². The maximum absolute atomic E-state index is 11.8. The molecule has 0 bridgehead atoms. The number of aromatic nitrogens is 2. The Morgan fingerprint density at radius 2 is 2.25 bits per heavy atom. The van der Waals surface area contributed by atoms with Crippen molar-refractivity contribution in [2.24, 2.45) is 0 Å². The SMILES string of the molecule is N#Cc1ccc(NC(=O)c2nnc(Cl)s2)c([N+](=O)[O-])c1. The Morgan fingerprint density at radius 1 is 1.50 bits per heavy atom. The van der Waals surface area contributed by atoms with Gasteiger partial charge in [-0.15, -0.1) is 10.2 Å². The topological polar surface area (TPSA) is 122 Å². The maximum Gasteiger partial charge on any atom is 0.294 e. The zero-order chi connectivity index (χ0) is 14.7. The summed E-state index contributed by atoms with van der Waals surface area (Å²) < 4.78 is 0.0875. The van der Waals surface area contributed by atoms with E-state index < -0.39 is 10.8 Å². The normalized spacial score (nSPS) is 9.80. The Balaban J connectivity index is 2.32. The number of nitriles is 1. The van der Waals surface area contributed by atoms with E-state index in [2.05, 4.69) is 15.5 Å². The van der Waals surface area contributed by atoms with Gasteiger partial charge >= 0.3 is 0 Å². The minimum atomic E-state index is -0.691. The van der Waals surface area contributed by atoms with E-state index in [-0.39, 0.29) is 26.4 Å². The van der Waals surface area contributed by atoms with Crippen molar-refractivity contribution in [1.82, 2.24) is 10.2 Å². The molecule has 0 atom stereocenters. The fraction of sp³-hybridized carbons (Fsp3) is 0. The van der Waals surface area contributed by atoms with Crippen LogP contribution in [0.3, 0.4) is 0 Å². The number of anilines is 1. The summed E-state index contributed by atoms with van der Waals surface area (Å²) in [6.07, 6.45) is 0. The number of carbonyl (C=O) groups is 1. The number of hydrogen-bond donors (Lipinski definition) is 1. The number of benzene rings is 1. The lowest BCUT2D eigenvalue weighted by Gasteiger charge is -2.03. The molecule has 0 aliphatic heterocycles. The van der Waals surface area contributed by atoms with Gasteiger partial charge in [-0.05, 0) is 23.7 Å². The van der Waals surface area contributed by atoms with Gasteiger partial charge in [0.25, 0.3) is 11.6 Å². The van der Waals surface area contributed by atoms with Crippen LogP contribution in [-0.4, -0.2) is 21.0 Å². The minimum absolute atomic E-state index is 0.0198. The van der Waals surface area contributed by atoms with Gasteiger partial charge < -0.3 is 5.32 Å². The molecular weight excluding hydrogens is 306 g/mol. The molecule has 1 heterocycles. The molecule has 100 valence electrons. The molecule has 20 heavy (non-hydrogen) atoms. The molecule has 2 aromatic rings. The summed E-state index contributed by atoms with van der Waals surface area (Å²) in [5.74, 6) is -0.665. The smallest absolute Gasteiger partial charge is 0.294 e. The number of hydrogen-bond acceptors (Lipinski definition) is 7. The van der Waals surface area contributed by atoms with Crippen molar-refractivity contribution in [2.45, 2.75) is 0 Å². The van der Waals surface area contributed by atoms with Crippen LogP contribution in [0.25, 0.3) is 0 Å². The fourth-order valence-electron chi connectivity index (χ4n) is 1.33. The van der Waals surface area contributed by atoms with Gasteiger partial charge in [0.05, 0.1) is 16.6 Å². The second kappa shape index (κ2) is 5.60. The summed E-state index contributed by atoms with van der Waals surface area (Å²) in [5.41, 5.74) is -0.299. The molecule has 0 saturated carbocycles. The standard InChI is InChI=1S/C10H4ClN5O3S/c11-10-15-14-9(20-10)8(17)13-6-2-1-5(4-12)3-7(6)16(18)19/h1-3H,(H,13,17). The van der Waals surface area contributed by atoms with E-state index in [9.17, 15) is 14.9 Å². The average Bonchev–Trinajstić information content (AvgIpc) is 2.85. The molecule has 8 nitrogen and oxygen atoms in total. The highest BCUT2D eigenvalue weighted by Crippen LogP contribution is 2.26. The van der Waals surface area contributed by atoms with Crippen LogP contribution >= 0.6 is 22.9 Å². The molecule has 0 radical (unpaired) electrons. The molecule has 1 aromatic carbocycles. The highest BCUT2D eigenvalue weighted by atomic mass is 35.5. The van der Waals surface area contributed by atoms with Crippen LogP contribution < -0.4 is 5.32 Å². The number of nitro benzene ring substituents is 1. The largest absolute Gasteiger partial charge is 0.314 e. The van der Waals surface area contributed by atoms with Crippen molar-refractivity contribution in [3.8, 4) is 6.07 Å². The molecule has 0 spiro atoms. The molecule has 0 fully saturated rings. The van der Waals surface area contributed by atoms with Gasteiger partial charge in [0, 0.05) is 6.07 Å². The van der Waals surface area contributed by atoms with E-state index >= 15 is 0 Å². The first kappa shape index (κ1) is 13.9. The van der Waals surface area contributed by atoms with Crippen molar-refractivity contribution in [1.29, 1.82) is 5.26 Å².